The Hall–Kier alpha value is -2.12. The van der Waals surface area contributed by atoms with Gasteiger partial charge in [-0.2, -0.15) is 0 Å². The summed E-state index contributed by atoms with van der Waals surface area (Å²) in [6.45, 7) is 7.39. The Kier molecular flexibility index (Phi) is 6.01. The molecule has 0 radical (unpaired) electrons. The second kappa shape index (κ2) is 8.27. The summed E-state index contributed by atoms with van der Waals surface area (Å²) < 4.78 is 7.43. The van der Waals surface area contributed by atoms with E-state index in [0.717, 1.165) is 56.8 Å². The predicted molar refractivity (Wildman–Crippen MR) is 100 cm³/mol. The first-order chi connectivity index (χ1) is 12.8. The summed E-state index contributed by atoms with van der Waals surface area (Å²) in [5.41, 5.74) is -0.542. The van der Waals surface area contributed by atoms with Crippen molar-refractivity contribution in [1.82, 2.24) is 25.0 Å². The van der Waals surface area contributed by atoms with E-state index in [0.29, 0.717) is 0 Å². The number of aryl methyl sites for hydroxylation is 1. The summed E-state index contributed by atoms with van der Waals surface area (Å²) in [4.78, 5) is 26.4. The third-order valence-electron chi connectivity index (χ3n) is 5.02. The van der Waals surface area contributed by atoms with Gasteiger partial charge in [0.05, 0.1) is 6.04 Å². The molecule has 0 saturated carbocycles. The number of likely N-dealkylation sites (tertiary alicyclic amines) is 1. The van der Waals surface area contributed by atoms with E-state index in [4.69, 9.17) is 4.74 Å². The van der Waals surface area contributed by atoms with Gasteiger partial charge in [0.1, 0.15) is 11.4 Å². The zero-order valence-corrected chi connectivity index (χ0v) is 16.7. The zero-order chi connectivity index (χ0) is 19.4. The van der Waals surface area contributed by atoms with Crippen LogP contribution in [0, 0.1) is 0 Å². The van der Waals surface area contributed by atoms with Crippen molar-refractivity contribution in [2.24, 2.45) is 0 Å². The van der Waals surface area contributed by atoms with Crippen LogP contribution in [0.25, 0.3) is 0 Å². The molecule has 1 atom stereocenters. The third kappa shape index (κ3) is 4.99. The van der Waals surface area contributed by atoms with Crippen molar-refractivity contribution in [3.8, 4) is 0 Å². The molecule has 2 amide bonds. The van der Waals surface area contributed by atoms with Crippen LogP contribution in [0.2, 0.25) is 0 Å². The van der Waals surface area contributed by atoms with Gasteiger partial charge in [0.25, 0.3) is 0 Å². The largest absolute Gasteiger partial charge is 0.444 e. The number of ether oxygens (including phenoxy) is 1. The fraction of sp³-hybridized carbons (Fsp3) is 0.789. The average Bonchev–Trinajstić information content (AvgIpc) is 3.14. The normalized spacial score (nSPS) is 20.1. The summed E-state index contributed by atoms with van der Waals surface area (Å²) in [6.07, 6.45) is 6.13. The number of carbonyl (C=O) groups is 2. The van der Waals surface area contributed by atoms with Gasteiger partial charge in [-0.05, 0) is 46.5 Å². The van der Waals surface area contributed by atoms with E-state index in [1.165, 1.54) is 6.42 Å². The summed E-state index contributed by atoms with van der Waals surface area (Å²) >= 11 is 0. The number of nitrogens with zero attached hydrogens (tertiary/aromatic N) is 4. The number of carbonyl (C=O) groups excluding carboxylic acids is 2. The third-order valence-corrected chi connectivity index (χ3v) is 5.02. The average molecular weight is 377 g/mol. The van der Waals surface area contributed by atoms with Crippen LogP contribution >= 0.6 is 0 Å². The van der Waals surface area contributed by atoms with Gasteiger partial charge in [0.2, 0.25) is 5.91 Å². The number of aromatic nitrogens is 3. The number of hydrogen-bond donors (Lipinski definition) is 1. The van der Waals surface area contributed by atoms with Gasteiger partial charge in [-0.25, -0.2) is 4.79 Å². The van der Waals surface area contributed by atoms with E-state index in [2.05, 4.69) is 20.1 Å². The van der Waals surface area contributed by atoms with Gasteiger partial charge in [-0.3, -0.25) is 4.79 Å². The number of amides is 2. The zero-order valence-electron chi connectivity index (χ0n) is 16.7. The highest BCUT2D eigenvalue weighted by Crippen LogP contribution is 2.32. The molecular weight excluding hydrogens is 346 g/mol. The van der Waals surface area contributed by atoms with E-state index < -0.39 is 11.7 Å². The first kappa shape index (κ1) is 19.6. The van der Waals surface area contributed by atoms with Crippen LogP contribution in [-0.2, 0) is 22.5 Å². The molecule has 0 aliphatic carbocycles. The Morgan fingerprint density at radius 1 is 1.15 bits per heavy atom. The van der Waals surface area contributed by atoms with Gasteiger partial charge < -0.3 is 19.5 Å². The Morgan fingerprint density at radius 3 is 2.74 bits per heavy atom. The van der Waals surface area contributed by atoms with Crippen molar-refractivity contribution in [2.45, 2.75) is 83.9 Å². The van der Waals surface area contributed by atoms with E-state index >= 15 is 0 Å². The Balaban J connectivity index is 1.57. The van der Waals surface area contributed by atoms with E-state index in [9.17, 15) is 9.59 Å². The maximum atomic E-state index is 12.7. The number of rotatable bonds is 4. The monoisotopic (exact) mass is 377 g/mol. The fourth-order valence-corrected chi connectivity index (χ4v) is 3.82. The molecule has 8 nitrogen and oxygen atoms in total. The topological polar surface area (TPSA) is 89.3 Å². The van der Waals surface area contributed by atoms with Crippen LogP contribution in [0.5, 0.6) is 0 Å². The molecule has 0 aromatic carbocycles. The van der Waals surface area contributed by atoms with Crippen LogP contribution in [0.3, 0.4) is 0 Å². The number of alkyl carbamates (subject to hydrolysis) is 1. The molecule has 1 saturated heterocycles. The van der Waals surface area contributed by atoms with E-state index in [1.807, 2.05) is 25.7 Å². The molecule has 1 fully saturated rings. The quantitative estimate of drug-likeness (QED) is 0.871. The standard InChI is InChI=1S/C19H31N5O3/c1-19(2,3)27-18(26)20-11-10-16(25)23-13-7-8-14(23)17-22-21-15-9-5-4-6-12-24(15)17/h14H,4-13H2,1-3H3,(H,20,26). The van der Waals surface area contributed by atoms with Crippen LogP contribution < -0.4 is 5.32 Å². The lowest BCUT2D eigenvalue weighted by molar-refractivity contribution is -0.132. The molecule has 3 rings (SSSR count). The molecule has 3 heterocycles. The van der Waals surface area contributed by atoms with Crippen LogP contribution in [0.1, 0.15) is 77.0 Å². The van der Waals surface area contributed by atoms with Crippen molar-refractivity contribution in [3.05, 3.63) is 11.6 Å². The highest BCUT2D eigenvalue weighted by Gasteiger charge is 2.34. The Morgan fingerprint density at radius 2 is 1.96 bits per heavy atom. The van der Waals surface area contributed by atoms with Gasteiger partial charge >= 0.3 is 6.09 Å². The molecule has 27 heavy (non-hydrogen) atoms. The van der Waals surface area contributed by atoms with Crippen LogP contribution in [-0.4, -0.2) is 50.4 Å². The summed E-state index contributed by atoms with van der Waals surface area (Å²) in [5.74, 6) is 2.02. The summed E-state index contributed by atoms with van der Waals surface area (Å²) in [5, 5.41) is 11.5. The molecule has 8 heteroatoms. The lowest BCUT2D eigenvalue weighted by Crippen LogP contribution is -2.37. The van der Waals surface area contributed by atoms with Crippen molar-refractivity contribution in [1.29, 1.82) is 0 Å². The van der Waals surface area contributed by atoms with Gasteiger partial charge in [0, 0.05) is 32.5 Å². The minimum Gasteiger partial charge on any atom is -0.444 e. The van der Waals surface area contributed by atoms with Crippen molar-refractivity contribution >= 4 is 12.0 Å². The van der Waals surface area contributed by atoms with Gasteiger partial charge in [-0.1, -0.05) is 6.42 Å². The Bertz CT molecular complexity index is 679. The van der Waals surface area contributed by atoms with Gasteiger partial charge in [-0.15, -0.1) is 10.2 Å². The molecule has 2 aliphatic rings. The molecule has 0 bridgehead atoms. The highest BCUT2D eigenvalue weighted by atomic mass is 16.6. The lowest BCUT2D eigenvalue weighted by Gasteiger charge is -2.25. The second-order valence-electron chi connectivity index (χ2n) is 8.36. The number of hydrogen-bond acceptors (Lipinski definition) is 5. The molecule has 150 valence electrons. The molecule has 1 unspecified atom stereocenters. The SMILES string of the molecule is CC(C)(C)OC(=O)NCCC(=O)N1CCCC1c1nnc2n1CCCCC2. The summed E-state index contributed by atoms with van der Waals surface area (Å²) in [7, 11) is 0. The first-order valence-electron chi connectivity index (χ1n) is 10.0. The van der Waals surface area contributed by atoms with Gasteiger partial charge in [0.15, 0.2) is 5.82 Å². The minimum atomic E-state index is -0.542. The van der Waals surface area contributed by atoms with Crippen molar-refractivity contribution in [2.75, 3.05) is 13.1 Å². The number of fused-ring (bicyclic) bond motifs is 1. The molecular formula is C19H31N5O3. The molecule has 1 N–H and O–H groups in total. The van der Waals surface area contributed by atoms with Crippen molar-refractivity contribution < 1.29 is 14.3 Å². The lowest BCUT2D eigenvalue weighted by atomic mass is 10.2. The highest BCUT2D eigenvalue weighted by molar-refractivity contribution is 5.78. The second-order valence-corrected chi connectivity index (χ2v) is 8.36. The van der Waals surface area contributed by atoms with Crippen LogP contribution in [0.15, 0.2) is 0 Å². The van der Waals surface area contributed by atoms with Crippen LogP contribution in [0.4, 0.5) is 4.79 Å². The molecule has 1 aromatic heterocycles. The van der Waals surface area contributed by atoms with E-state index in [-0.39, 0.29) is 24.9 Å². The maximum Gasteiger partial charge on any atom is 0.407 e. The maximum absolute atomic E-state index is 12.7. The molecule has 2 aliphatic heterocycles. The first-order valence-corrected chi connectivity index (χ1v) is 10.0. The van der Waals surface area contributed by atoms with Crippen molar-refractivity contribution in [3.63, 3.8) is 0 Å². The molecule has 1 aromatic rings. The summed E-state index contributed by atoms with van der Waals surface area (Å²) in [6, 6.07) is -0.00150. The van der Waals surface area contributed by atoms with E-state index in [1.54, 1.807) is 0 Å². The minimum absolute atomic E-state index is 0.00150. The predicted octanol–water partition coefficient (Wildman–Crippen LogP) is 2.58. The number of nitrogens with one attached hydrogen (secondary N) is 1. The smallest absolute Gasteiger partial charge is 0.407 e. The fourth-order valence-electron chi connectivity index (χ4n) is 3.82. The Labute approximate surface area is 160 Å². The molecule has 0 spiro atoms.